The Morgan fingerprint density at radius 1 is 1.40 bits per heavy atom. The fourth-order valence-electron chi connectivity index (χ4n) is 2.93. The maximum atomic E-state index is 4.57. The molecular formula is C16H20BrN3. The van der Waals surface area contributed by atoms with Crippen molar-refractivity contribution >= 4 is 26.8 Å². The largest absolute Gasteiger partial charge is 0.315 e. The first-order valence-electron chi connectivity index (χ1n) is 7.19. The summed E-state index contributed by atoms with van der Waals surface area (Å²) in [5, 5.41) is 4.68. The van der Waals surface area contributed by atoms with Crippen molar-refractivity contribution in [3.63, 3.8) is 0 Å². The van der Waals surface area contributed by atoms with Crippen LogP contribution in [0.3, 0.4) is 0 Å². The molecule has 1 saturated heterocycles. The third-order valence-electron chi connectivity index (χ3n) is 4.11. The van der Waals surface area contributed by atoms with E-state index in [1.807, 2.05) is 12.3 Å². The van der Waals surface area contributed by atoms with Crippen LogP contribution in [0.4, 0.5) is 0 Å². The molecule has 1 atom stereocenters. The second-order valence-corrected chi connectivity index (χ2v) is 6.38. The Bertz CT molecular complexity index is 593. The Morgan fingerprint density at radius 2 is 2.30 bits per heavy atom. The van der Waals surface area contributed by atoms with Crippen molar-refractivity contribution in [3.8, 4) is 0 Å². The predicted molar refractivity (Wildman–Crippen MR) is 86.8 cm³/mol. The van der Waals surface area contributed by atoms with Crippen molar-refractivity contribution < 1.29 is 0 Å². The van der Waals surface area contributed by atoms with Crippen LogP contribution in [0.5, 0.6) is 0 Å². The lowest BCUT2D eigenvalue weighted by Gasteiger charge is -2.31. The summed E-state index contributed by atoms with van der Waals surface area (Å²) in [5.74, 6) is 0. The number of piperidine rings is 1. The molecule has 1 aromatic carbocycles. The summed E-state index contributed by atoms with van der Waals surface area (Å²) in [6.45, 7) is 3.21. The summed E-state index contributed by atoms with van der Waals surface area (Å²) >= 11 is 3.61. The Hall–Kier alpha value is -0.970. The molecule has 0 radical (unpaired) electrons. The molecule has 0 amide bonds. The maximum Gasteiger partial charge on any atom is 0.0758 e. The van der Waals surface area contributed by atoms with E-state index in [1.54, 1.807) is 0 Å². The van der Waals surface area contributed by atoms with Crippen molar-refractivity contribution in [3.05, 3.63) is 40.5 Å². The van der Waals surface area contributed by atoms with Gasteiger partial charge in [0.25, 0.3) is 0 Å². The molecular weight excluding hydrogens is 314 g/mol. The van der Waals surface area contributed by atoms with Gasteiger partial charge < -0.3 is 5.32 Å². The molecule has 1 N–H and O–H groups in total. The molecule has 0 aliphatic carbocycles. The first kappa shape index (κ1) is 14.0. The second kappa shape index (κ2) is 6.20. The fourth-order valence-corrected chi connectivity index (χ4v) is 3.38. The van der Waals surface area contributed by atoms with Gasteiger partial charge in [0, 0.05) is 35.2 Å². The third kappa shape index (κ3) is 2.87. The van der Waals surface area contributed by atoms with Crippen molar-refractivity contribution in [1.82, 2.24) is 15.2 Å². The highest BCUT2D eigenvalue weighted by Gasteiger charge is 2.18. The number of nitrogens with one attached hydrogen (secondary N) is 1. The highest BCUT2D eigenvalue weighted by atomic mass is 79.9. The Morgan fingerprint density at radius 3 is 3.10 bits per heavy atom. The molecule has 20 heavy (non-hydrogen) atoms. The lowest BCUT2D eigenvalue weighted by Crippen LogP contribution is -2.43. The summed E-state index contributed by atoms with van der Waals surface area (Å²) in [7, 11) is 2.22. The van der Waals surface area contributed by atoms with E-state index in [4.69, 9.17) is 0 Å². The summed E-state index contributed by atoms with van der Waals surface area (Å²) in [4.78, 5) is 7.02. The zero-order valence-corrected chi connectivity index (χ0v) is 13.4. The fraction of sp³-hybridized carbons (Fsp3) is 0.438. The van der Waals surface area contributed by atoms with Crippen LogP contribution in [-0.2, 0) is 6.54 Å². The molecule has 0 spiro atoms. The van der Waals surface area contributed by atoms with Crippen molar-refractivity contribution in [2.24, 2.45) is 0 Å². The SMILES string of the molecule is CN(Cc1ccc(Br)c2cccnc12)C1CCCNC1. The van der Waals surface area contributed by atoms with Crippen molar-refractivity contribution in [2.75, 3.05) is 20.1 Å². The van der Waals surface area contributed by atoms with E-state index in [0.29, 0.717) is 6.04 Å². The maximum absolute atomic E-state index is 4.57. The van der Waals surface area contributed by atoms with E-state index >= 15 is 0 Å². The molecule has 1 aromatic heterocycles. The van der Waals surface area contributed by atoms with Crippen LogP contribution in [-0.4, -0.2) is 36.1 Å². The van der Waals surface area contributed by atoms with Crippen LogP contribution in [0.25, 0.3) is 10.9 Å². The van der Waals surface area contributed by atoms with Gasteiger partial charge in [0.15, 0.2) is 0 Å². The molecule has 3 rings (SSSR count). The quantitative estimate of drug-likeness (QED) is 0.934. The lowest BCUT2D eigenvalue weighted by molar-refractivity contribution is 0.196. The first-order chi connectivity index (χ1) is 9.75. The first-order valence-corrected chi connectivity index (χ1v) is 7.98. The molecule has 2 heterocycles. The van der Waals surface area contributed by atoms with Gasteiger partial charge in [-0.3, -0.25) is 9.88 Å². The number of pyridine rings is 1. The Labute approximate surface area is 128 Å². The molecule has 4 heteroatoms. The number of halogens is 1. The van der Waals surface area contributed by atoms with E-state index in [1.165, 1.54) is 23.8 Å². The normalized spacial score (nSPS) is 19.6. The number of aromatic nitrogens is 1. The molecule has 1 aliphatic heterocycles. The summed E-state index contributed by atoms with van der Waals surface area (Å²) in [6, 6.07) is 9.06. The molecule has 0 saturated carbocycles. The van der Waals surface area contributed by atoms with E-state index < -0.39 is 0 Å². The van der Waals surface area contributed by atoms with Gasteiger partial charge >= 0.3 is 0 Å². The van der Waals surface area contributed by atoms with Gasteiger partial charge in [-0.2, -0.15) is 0 Å². The van der Waals surface area contributed by atoms with Crippen LogP contribution in [0.1, 0.15) is 18.4 Å². The molecule has 106 valence electrons. The van der Waals surface area contributed by atoms with Gasteiger partial charge in [0.1, 0.15) is 0 Å². The number of rotatable bonds is 3. The van der Waals surface area contributed by atoms with Gasteiger partial charge in [-0.1, -0.05) is 28.1 Å². The minimum atomic E-state index is 0.631. The zero-order valence-electron chi connectivity index (χ0n) is 11.8. The molecule has 2 aromatic rings. The summed E-state index contributed by atoms with van der Waals surface area (Å²) in [5.41, 5.74) is 2.41. The van der Waals surface area contributed by atoms with Crippen LogP contribution in [0, 0.1) is 0 Å². The summed E-state index contributed by atoms with van der Waals surface area (Å²) in [6.07, 6.45) is 4.43. The predicted octanol–water partition coefficient (Wildman–Crippen LogP) is 3.18. The third-order valence-corrected chi connectivity index (χ3v) is 4.81. The van der Waals surface area contributed by atoms with Crippen LogP contribution in [0.15, 0.2) is 34.9 Å². The number of fused-ring (bicyclic) bond motifs is 1. The van der Waals surface area contributed by atoms with Crippen molar-refractivity contribution in [2.45, 2.75) is 25.4 Å². The zero-order chi connectivity index (χ0) is 13.9. The molecule has 1 fully saturated rings. The van der Waals surface area contributed by atoms with Crippen LogP contribution < -0.4 is 5.32 Å². The van der Waals surface area contributed by atoms with E-state index in [-0.39, 0.29) is 0 Å². The minimum Gasteiger partial charge on any atom is -0.315 e. The topological polar surface area (TPSA) is 28.2 Å². The van der Waals surface area contributed by atoms with Gasteiger partial charge in [-0.25, -0.2) is 0 Å². The number of hydrogen-bond acceptors (Lipinski definition) is 3. The standard InChI is InChI=1S/C16H20BrN3/c1-20(13-4-2-8-18-10-13)11-12-6-7-15(17)14-5-3-9-19-16(12)14/h3,5-7,9,13,18H,2,4,8,10-11H2,1H3. The van der Waals surface area contributed by atoms with Gasteiger partial charge in [-0.15, -0.1) is 0 Å². The van der Waals surface area contributed by atoms with E-state index in [0.717, 1.165) is 29.6 Å². The lowest BCUT2D eigenvalue weighted by atomic mass is 10.0. The molecule has 0 bridgehead atoms. The number of likely N-dealkylation sites (N-methyl/N-ethyl adjacent to an activating group) is 1. The monoisotopic (exact) mass is 333 g/mol. The average Bonchev–Trinajstić information content (AvgIpc) is 2.51. The number of nitrogens with zero attached hydrogens (tertiary/aromatic N) is 2. The highest BCUT2D eigenvalue weighted by molar-refractivity contribution is 9.10. The number of hydrogen-bond donors (Lipinski definition) is 1. The second-order valence-electron chi connectivity index (χ2n) is 5.52. The number of benzene rings is 1. The van der Waals surface area contributed by atoms with Gasteiger partial charge in [-0.05, 0) is 44.1 Å². The molecule has 1 aliphatic rings. The minimum absolute atomic E-state index is 0.631. The van der Waals surface area contributed by atoms with Crippen molar-refractivity contribution in [1.29, 1.82) is 0 Å². The summed E-state index contributed by atoms with van der Waals surface area (Å²) < 4.78 is 1.12. The van der Waals surface area contributed by atoms with Gasteiger partial charge in [0.05, 0.1) is 5.52 Å². The van der Waals surface area contributed by atoms with Gasteiger partial charge in [0.2, 0.25) is 0 Å². The Kier molecular flexibility index (Phi) is 4.34. The van der Waals surface area contributed by atoms with E-state index in [2.05, 4.69) is 56.4 Å². The van der Waals surface area contributed by atoms with E-state index in [9.17, 15) is 0 Å². The Balaban J connectivity index is 1.85. The van der Waals surface area contributed by atoms with Crippen LogP contribution >= 0.6 is 15.9 Å². The van der Waals surface area contributed by atoms with Crippen LogP contribution in [0.2, 0.25) is 0 Å². The molecule has 1 unspecified atom stereocenters. The highest BCUT2D eigenvalue weighted by Crippen LogP contribution is 2.26. The molecule has 3 nitrogen and oxygen atoms in total. The average molecular weight is 334 g/mol. The smallest absolute Gasteiger partial charge is 0.0758 e.